The van der Waals surface area contributed by atoms with E-state index in [1.807, 2.05) is 19.1 Å². The summed E-state index contributed by atoms with van der Waals surface area (Å²) in [6, 6.07) is 11.9. The van der Waals surface area contributed by atoms with Crippen molar-refractivity contribution in [2.45, 2.75) is 58.3 Å². The fourth-order valence-corrected chi connectivity index (χ4v) is 4.19. The molecule has 0 N–H and O–H groups in total. The molecular formula is C26H32O3. The van der Waals surface area contributed by atoms with Gasteiger partial charge >= 0.3 is 5.97 Å². The summed E-state index contributed by atoms with van der Waals surface area (Å²) < 4.78 is 10.8. The fourth-order valence-electron chi connectivity index (χ4n) is 4.19. The lowest BCUT2D eigenvalue weighted by Gasteiger charge is -2.42. The van der Waals surface area contributed by atoms with E-state index in [0.29, 0.717) is 12.2 Å². The van der Waals surface area contributed by atoms with Crippen LogP contribution in [0.2, 0.25) is 0 Å². The van der Waals surface area contributed by atoms with Crippen LogP contribution in [0.3, 0.4) is 0 Å². The molecule has 0 bridgehead atoms. The maximum Gasteiger partial charge on any atom is 0.337 e. The minimum atomic E-state index is -0.338. The second-order valence-electron chi connectivity index (χ2n) is 9.14. The number of fused-ring (bicyclic) bond motifs is 1. The zero-order valence-electron chi connectivity index (χ0n) is 18.5. The van der Waals surface area contributed by atoms with Crippen molar-refractivity contribution in [2.75, 3.05) is 13.7 Å². The van der Waals surface area contributed by atoms with Crippen LogP contribution in [0.5, 0.6) is 5.75 Å². The van der Waals surface area contributed by atoms with Crippen LogP contribution in [0.4, 0.5) is 0 Å². The summed E-state index contributed by atoms with van der Waals surface area (Å²) in [5, 5.41) is 0. The molecule has 0 spiro atoms. The van der Waals surface area contributed by atoms with Gasteiger partial charge in [-0.05, 0) is 77.1 Å². The molecule has 0 radical (unpaired) electrons. The summed E-state index contributed by atoms with van der Waals surface area (Å²) in [4.78, 5) is 11.7. The van der Waals surface area contributed by atoms with E-state index in [-0.39, 0.29) is 16.8 Å². The highest BCUT2D eigenvalue weighted by molar-refractivity contribution is 5.90. The van der Waals surface area contributed by atoms with Gasteiger partial charge in [-0.25, -0.2) is 4.79 Å². The second kappa shape index (κ2) is 7.70. The third-order valence-corrected chi connectivity index (χ3v) is 6.23. The standard InChI is InChI=1S/C26H32O3/c1-8-29-23-16-22-21(25(3,4)13-14-26(22,5)6)15-20(23)17(2)18-9-11-19(12-10-18)24(27)28-7/h9-12,15-16H,2,8,13-14H2,1,3-7H3. The monoisotopic (exact) mass is 392 g/mol. The van der Waals surface area contributed by atoms with Crippen LogP contribution in [0.1, 0.15) is 80.1 Å². The number of carbonyl (C=O) groups is 1. The Morgan fingerprint density at radius 1 is 0.966 bits per heavy atom. The lowest BCUT2D eigenvalue weighted by molar-refractivity contribution is 0.0600. The first-order valence-corrected chi connectivity index (χ1v) is 10.3. The van der Waals surface area contributed by atoms with Crippen molar-refractivity contribution in [3.63, 3.8) is 0 Å². The van der Waals surface area contributed by atoms with Crippen LogP contribution < -0.4 is 4.74 Å². The average Bonchev–Trinajstić information content (AvgIpc) is 2.70. The third kappa shape index (κ3) is 3.96. The highest BCUT2D eigenvalue weighted by atomic mass is 16.5. The number of methoxy groups -OCH3 is 1. The van der Waals surface area contributed by atoms with Crippen molar-refractivity contribution in [1.29, 1.82) is 0 Å². The van der Waals surface area contributed by atoms with Gasteiger partial charge in [0.2, 0.25) is 0 Å². The van der Waals surface area contributed by atoms with Gasteiger partial charge in [0.1, 0.15) is 5.75 Å². The van der Waals surface area contributed by atoms with Crippen LogP contribution in [-0.2, 0) is 15.6 Å². The first kappa shape index (κ1) is 21.2. The topological polar surface area (TPSA) is 35.5 Å². The molecule has 1 aliphatic rings. The maximum atomic E-state index is 11.7. The Balaban J connectivity index is 2.11. The highest BCUT2D eigenvalue weighted by Crippen LogP contribution is 2.48. The molecule has 1 aliphatic carbocycles. The van der Waals surface area contributed by atoms with Gasteiger partial charge in [-0.15, -0.1) is 0 Å². The minimum absolute atomic E-state index is 0.110. The van der Waals surface area contributed by atoms with E-state index in [9.17, 15) is 4.79 Å². The van der Waals surface area contributed by atoms with E-state index in [1.54, 1.807) is 12.1 Å². The van der Waals surface area contributed by atoms with Crippen molar-refractivity contribution in [1.82, 2.24) is 0 Å². The SMILES string of the molecule is C=C(c1ccc(C(=O)OC)cc1)c1cc2c(cc1OCC)C(C)(C)CCC2(C)C. The van der Waals surface area contributed by atoms with Crippen molar-refractivity contribution >= 4 is 11.5 Å². The van der Waals surface area contributed by atoms with Crippen LogP contribution in [0.25, 0.3) is 5.57 Å². The molecule has 0 aliphatic heterocycles. The van der Waals surface area contributed by atoms with E-state index in [1.165, 1.54) is 18.2 Å². The number of hydrogen-bond donors (Lipinski definition) is 0. The molecule has 29 heavy (non-hydrogen) atoms. The predicted molar refractivity (Wildman–Crippen MR) is 119 cm³/mol. The highest BCUT2D eigenvalue weighted by Gasteiger charge is 2.38. The molecule has 154 valence electrons. The van der Waals surface area contributed by atoms with Crippen LogP contribution in [-0.4, -0.2) is 19.7 Å². The van der Waals surface area contributed by atoms with Crippen molar-refractivity contribution < 1.29 is 14.3 Å². The minimum Gasteiger partial charge on any atom is -0.493 e. The number of esters is 1. The molecule has 2 aromatic carbocycles. The first-order chi connectivity index (χ1) is 13.6. The molecular weight excluding hydrogens is 360 g/mol. The van der Waals surface area contributed by atoms with Gasteiger partial charge in [0.05, 0.1) is 19.3 Å². The zero-order valence-corrected chi connectivity index (χ0v) is 18.5. The molecule has 0 saturated carbocycles. The van der Waals surface area contributed by atoms with Gasteiger partial charge in [-0.3, -0.25) is 0 Å². The van der Waals surface area contributed by atoms with E-state index < -0.39 is 0 Å². The molecule has 0 atom stereocenters. The maximum absolute atomic E-state index is 11.7. The summed E-state index contributed by atoms with van der Waals surface area (Å²) in [5.74, 6) is 0.536. The third-order valence-electron chi connectivity index (χ3n) is 6.23. The summed E-state index contributed by atoms with van der Waals surface area (Å²) in [6.45, 7) is 16.2. The number of hydrogen-bond acceptors (Lipinski definition) is 3. The molecule has 3 nitrogen and oxygen atoms in total. The Kier molecular flexibility index (Phi) is 5.62. The summed E-state index contributed by atoms with van der Waals surface area (Å²) >= 11 is 0. The van der Waals surface area contributed by atoms with Crippen molar-refractivity contribution in [2.24, 2.45) is 0 Å². The fraction of sp³-hybridized carbons (Fsp3) is 0.423. The number of benzene rings is 2. The molecule has 3 rings (SSSR count). The zero-order chi connectivity index (χ0) is 21.4. The molecule has 3 heteroatoms. The summed E-state index contributed by atoms with van der Waals surface area (Å²) in [6.07, 6.45) is 2.31. The van der Waals surface area contributed by atoms with Crippen molar-refractivity contribution in [3.8, 4) is 5.75 Å². The largest absolute Gasteiger partial charge is 0.493 e. The van der Waals surface area contributed by atoms with E-state index >= 15 is 0 Å². The molecule has 2 aromatic rings. The Morgan fingerprint density at radius 2 is 1.48 bits per heavy atom. The van der Waals surface area contributed by atoms with Crippen LogP contribution in [0, 0.1) is 0 Å². The second-order valence-corrected chi connectivity index (χ2v) is 9.14. The Bertz CT molecular complexity index is 933. The van der Waals surface area contributed by atoms with Crippen LogP contribution in [0.15, 0.2) is 43.0 Å². The number of rotatable bonds is 5. The molecule has 0 fully saturated rings. The van der Waals surface area contributed by atoms with Gasteiger partial charge < -0.3 is 9.47 Å². The predicted octanol–water partition coefficient (Wildman–Crippen LogP) is 6.28. The van der Waals surface area contributed by atoms with Gasteiger partial charge in [0, 0.05) is 5.56 Å². The van der Waals surface area contributed by atoms with Crippen molar-refractivity contribution in [3.05, 3.63) is 70.8 Å². The van der Waals surface area contributed by atoms with Crippen LogP contribution >= 0.6 is 0 Å². The van der Waals surface area contributed by atoms with E-state index in [0.717, 1.165) is 35.3 Å². The molecule has 0 heterocycles. The normalized spacial score (nSPS) is 16.6. The molecule has 0 saturated heterocycles. The Morgan fingerprint density at radius 3 is 2.00 bits per heavy atom. The summed E-state index contributed by atoms with van der Waals surface area (Å²) in [7, 11) is 1.39. The van der Waals surface area contributed by atoms with E-state index in [2.05, 4.69) is 46.4 Å². The lowest BCUT2D eigenvalue weighted by atomic mass is 9.62. The number of ether oxygens (including phenoxy) is 2. The van der Waals surface area contributed by atoms with Gasteiger partial charge in [-0.1, -0.05) is 46.4 Å². The van der Waals surface area contributed by atoms with Gasteiger partial charge in [0.25, 0.3) is 0 Å². The number of carbonyl (C=O) groups excluding carboxylic acids is 1. The average molecular weight is 393 g/mol. The molecule has 0 amide bonds. The van der Waals surface area contributed by atoms with Gasteiger partial charge in [0.15, 0.2) is 0 Å². The van der Waals surface area contributed by atoms with E-state index in [4.69, 9.17) is 9.47 Å². The Labute approximate surface area is 174 Å². The first-order valence-electron chi connectivity index (χ1n) is 10.3. The van der Waals surface area contributed by atoms with Gasteiger partial charge in [-0.2, -0.15) is 0 Å². The quantitative estimate of drug-likeness (QED) is 0.562. The molecule has 0 unspecified atom stereocenters. The Hall–Kier alpha value is -2.55. The smallest absolute Gasteiger partial charge is 0.337 e. The molecule has 0 aromatic heterocycles. The lowest BCUT2D eigenvalue weighted by Crippen LogP contribution is -2.34. The summed E-state index contributed by atoms with van der Waals surface area (Å²) in [5.41, 5.74) is 6.38.